The number of benzene rings is 4. The first kappa shape index (κ1) is 23.9. The van der Waals surface area contributed by atoms with Gasteiger partial charge in [0.05, 0.1) is 23.0 Å². The van der Waals surface area contributed by atoms with E-state index in [9.17, 15) is 4.79 Å². The molecule has 1 heterocycles. The molecule has 0 radical (unpaired) electrons. The molecule has 0 saturated heterocycles. The molecular weight excluding hydrogens is 540 g/mol. The predicted octanol–water partition coefficient (Wildman–Crippen LogP) is 7.61. The van der Waals surface area contributed by atoms with Gasteiger partial charge in [-0.1, -0.05) is 70.0 Å². The Balaban J connectivity index is 1.19. The van der Waals surface area contributed by atoms with Crippen LogP contribution in [0.2, 0.25) is 5.02 Å². The highest BCUT2D eigenvalue weighted by Crippen LogP contribution is 2.33. The number of hydrogen-bond acceptors (Lipinski definition) is 3. The van der Waals surface area contributed by atoms with E-state index in [1.165, 1.54) is 0 Å². The van der Waals surface area contributed by atoms with Crippen molar-refractivity contribution in [2.75, 3.05) is 5.32 Å². The third-order valence-electron chi connectivity index (χ3n) is 5.57. The number of hydrogen-bond donors (Lipinski definition) is 2. The van der Waals surface area contributed by atoms with E-state index in [4.69, 9.17) is 16.3 Å². The molecule has 0 aliphatic heterocycles. The number of halogens is 2. The zero-order valence-corrected chi connectivity index (χ0v) is 21.5. The first-order valence-electron chi connectivity index (χ1n) is 11.3. The molecule has 180 valence electrons. The monoisotopic (exact) mass is 560 g/mol. The van der Waals surface area contributed by atoms with E-state index >= 15 is 0 Å². The van der Waals surface area contributed by atoms with E-state index in [-0.39, 0.29) is 6.03 Å². The highest BCUT2D eigenvalue weighted by atomic mass is 79.9. The Labute approximate surface area is 222 Å². The summed E-state index contributed by atoms with van der Waals surface area (Å²) in [5, 5.41) is 6.21. The van der Waals surface area contributed by atoms with Gasteiger partial charge in [0.1, 0.15) is 5.75 Å². The molecule has 1 aromatic heterocycles. The van der Waals surface area contributed by atoms with E-state index in [2.05, 4.69) is 54.3 Å². The Hall–Kier alpha value is -3.81. The lowest BCUT2D eigenvalue weighted by Crippen LogP contribution is -2.28. The van der Waals surface area contributed by atoms with E-state index < -0.39 is 0 Å². The first-order valence-corrected chi connectivity index (χ1v) is 12.5. The van der Waals surface area contributed by atoms with Gasteiger partial charge in [0.2, 0.25) is 0 Å². The summed E-state index contributed by atoms with van der Waals surface area (Å²) >= 11 is 9.59. The molecule has 0 aliphatic carbocycles. The van der Waals surface area contributed by atoms with Crippen LogP contribution in [0.5, 0.6) is 11.5 Å². The van der Waals surface area contributed by atoms with Crippen molar-refractivity contribution in [2.24, 2.45) is 0 Å². The van der Waals surface area contributed by atoms with E-state index in [1.807, 2.05) is 60.9 Å². The fourth-order valence-electron chi connectivity index (χ4n) is 3.79. The Morgan fingerprint density at radius 2 is 1.75 bits per heavy atom. The molecule has 0 saturated carbocycles. The summed E-state index contributed by atoms with van der Waals surface area (Å²) in [7, 11) is 0. The number of para-hydroxylation sites is 2. The summed E-state index contributed by atoms with van der Waals surface area (Å²) in [6.45, 7) is 1.10. The summed E-state index contributed by atoms with van der Waals surface area (Å²) < 4.78 is 8.97. The average molecular weight is 562 g/mol. The summed E-state index contributed by atoms with van der Waals surface area (Å²) in [5.41, 5.74) is 4.70. The van der Waals surface area contributed by atoms with Crippen molar-refractivity contribution in [3.63, 3.8) is 0 Å². The second kappa shape index (κ2) is 10.8. The van der Waals surface area contributed by atoms with Crippen molar-refractivity contribution in [1.29, 1.82) is 0 Å². The fraction of sp³-hybridized carbons (Fsp3) is 0.0714. The highest BCUT2D eigenvalue weighted by Gasteiger charge is 2.11. The summed E-state index contributed by atoms with van der Waals surface area (Å²) in [4.78, 5) is 17.1. The predicted molar refractivity (Wildman–Crippen MR) is 147 cm³/mol. The van der Waals surface area contributed by atoms with Crippen LogP contribution in [0.15, 0.2) is 102 Å². The zero-order chi connectivity index (χ0) is 24.9. The number of ether oxygens (including phenoxy) is 1. The lowest BCUT2D eigenvalue weighted by atomic mass is 10.1. The van der Waals surface area contributed by atoms with Crippen LogP contribution < -0.4 is 15.4 Å². The topological polar surface area (TPSA) is 68.2 Å². The maximum absolute atomic E-state index is 12.6. The molecule has 0 spiro atoms. The average Bonchev–Trinajstić information content (AvgIpc) is 3.28. The van der Waals surface area contributed by atoms with Crippen LogP contribution in [-0.2, 0) is 13.1 Å². The van der Waals surface area contributed by atoms with Gasteiger partial charge in [-0.15, -0.1) is 0 Å². The molecule has 0 bridgehead atoms. The van der Waals surface area contributed by atoms with Crippen molar-refractivity contribution >= 4 is 50.3 Å². The molecule has 6 nitrogen and oxygen atoms in total. The SMILES string of the molecule is O=C(NCc1ccc(Cn2cnc3ccccc32)cc1)Nc1cc(Cl)ccc1Oc1cccc(Br)c1. The number of nitrogens with one attached hydrogen (secondary N) is 2. The minimum atomic E-state index is -0.356. The molecule has 0 atom stereocenters. The Morgan fingerprint density at radius 1 is 0.944 bits per heavy atom. The minimum absolute atomic E-state index is 0.356. The van der Waals surface area contributed by atoms with Gasteiger partial charge >= 0.3 is 6.03 Å². The van der Waals surface area contributed by atoms with Crippen LogP contribution >= 0.6 is 27.5 Å². The molecule has 5 rings (SSSR count). The Morgan fingerprint density at radius 3 is 2.58 bits per heavy atom. The molecule has 5 aromatic rings. The highest BCUT2D eigenvalue weighted by molar-refractivity contribution is 9.10. The van der Waals surface area contributed by atoms with Gasteiger partial charge in [0.15, 0.2) is 5.75 Å². The number of imidazole rings is 1. The van der Waals surface area contributed by atoms with E-state index in [1.54, 1.807) is 18.2 Å². The van der Waals surface area contributed by atoms with Gasteiger partial charge in [-0.05, 0) is 59.7 Å². The summed E-state index contributed by atoms with van der Waals surface area (Å²) in [6.07, 6.45) is 1.86. The van der Waals surface area contributed by atoms with Gasteiger partial charge in [-0.2, -0.15) is 0 Å². The van der Waals surface area contributed by atoms with Crippen molar-refractivity contribution in [1.82, 2.24) is 14.9 Å². The molecule has 0 fully saturated rings. The third kappa shape index (κ3) is 5.87. The number of carbonyl (C=O) groups is 1. The van der Waals surface area contributed by atoms with Gasteiger partial charge in [-0.3, -0.25) is 0 Å². The Kier molecular flexibility index (Phi) is 7.21. The van der Waals surface area contributed by atoms with Gasteiger partial charge in [-0.25, -0.2) is 9.78 Å². The molecule has 2 N–H and O–H groups in total. The molecular formula is C28H22BrClN4O2. The van der Waals surface area contributed by atoms with Crippen LogP contribution in [-0.4, -0.2) is 15.6 Å². The van der Waals surface area contributed by atoms with Gasteiger partial charge < -0.3 is 19.9 Å². The van der Waals surface area contributed by atoms with Crippen molar-refractivity contribution in [3.8, 4) is 11.5 Å². The lowest BCUT2D eigenvalue weighted by molar-refractivity contribution is 0.251. The zero-order valence-electron chi connectivity index (χ0n) is 19.1. The number of carbonyl (C=O) groups excluding carboxylic acids is 1. The number of aromatic nitrogens is 2. The van der Waals surface area contributed by atoms with E-state index in [0.717, 1.165) is 33.2 Å². The number of amides is 2. The van der Waals surface area contributed by atoms with Crippen molar-refractivity contribution in [3.05, 3.63) is 118 Å². The van der Waals surface area contributed by atoms with Crippen molar-refractivity contribution in [2.45, 2.75) is 13.1 Å². The number of rotatable bonds is 7. The number of fused-ring (bicyclic) bond motifs is 1. The van der Waals surface area contributed by atoms with E-state index in [0.29, 0.717) is 28.8 Å². The van der Waals surface area contributed by atoms with Gasteiger partial charge in [0, 0.05) is 22.6 Å². The third-order valence-corrected chi connectivity index (χ3v) is 6.30. The fourth-order valence-corrected chi connectivity index (χ4v) is 4.34. The van der Waals surface area contributed by atoms with Gasteiger partial charge in [0.25, 0.3) is 0 Å². The lowest BCUT2D eigenvalue weighted by Gasteiger charge is -2.14. The largest absolute Gasteiger partial charge is 0.455 e. The molecule has 4 aromatic carbocycles. The molecule has 8 heteroatoms. The summed E-state index contributed by atoms with van der Waals surface area (Å²) in [5.74, 6) is 1.13. The quantitative estimate of drug-likeness (QED) is 0.215. The number of nitrogens with zero attached hydrogens (tertiary/aromatic N) is 2. The van der Waals surface area contributed by atoms with Crippen LogP contribution in [0, 0.1) is 0 Å². The van der Waals surface area contributed by atoms with Crippen molar-refractivity contribution < 1.29 is 9.53 Å². The molecule has 2 amide bonds. The normalized spacial score (nSPS) is 10.8. The summed E-state index contributed by atoms with van der Waals surface area (Å²) in [6, 6.07) is 28.4. The van der Waals surface area contributed by atoms with Crippen LogP contribution in [0.4, 0.5) is 10.5 Å². The van der Waals surface area contributed by atoms with Crippen LogP contribution in [0.25, 0.3) is 11.0 Å². The standard InChI is InChI=1S/C28H22BrClN4O2/c29-21-4-3-5-23(14-21)36-27-13-12-22(30)15-25(27)33-28(35)31-16-19-8-10-20(11-9-19)17-34-18-32-24-6-1-2-7-26(24)34/h1-15,18H,16-17H2,(H2,31,33,35). The van der Waals surface area contributed by atoms with Crippen LogP contribution in [0.3, 0.4) is 0 Å². The first-order chi connectivity index (χ1) is 17.5. The second-order valence-electron chi connectivity index (χ2n) is 8.19. The maximum atomic E-state index is 12.6. The smallest absolute Gasteiger partial charge is 0.319 e. The number of anilines is 1. The Bertz CT molecular complexity index is 1520. The molecule has 36 heavy (non-hydrogen) atoms. The minimum Gasteiger partial charge on any atom is -0.455 e. The maximum Gasteiger partial charge on any atom is 0.319 e. The molecule has 0 unspecified atom stereocenters. The van der Waals surface area contributed by atoms with Crippen LogP contribution in [0.1, 0.15) is 11.1 Å². The second-order valence-corrected chi connectivity index (χ2v) is 9.54. The number of urea groups is 1. The molecule has 0 aliphatic rings.